The maximum absolute atomic E-state index is 12.5. The van der Waals surface area contributed by atoms with Gasteiger partial charge < -0.3 is 15.0 Å². The third kappa shape index (κ3) is 5.32. The van der Waals surface area contributed by atoms with E-state index in [9.17, 15) is 14.4 Å². The average molecular weight is 423 g/mol. The number of esters is 1. The second-order valence-electron chi connectivity index (χ2n) is 7.85. The zero-order valence-corrected chi connectivity index (χ0v) is 18.4. The predicted octanol–water partition coefficient (Wildman–Crippen LogP) is 3.90. The number of benzene rings is 2. The van der Waals surface area contributed by atoms with E-state index in [0.717, 1.165) is 35.2 Å². The normalized spacial score (nSPS) is 16.8. The van der Waals surface area contributed by atoms with E-state index in [-0.39, 0.29) is 30.9 Å². The van der Waals surface area contributed by atoms with E-state index in [0.29, 0.717) is 6.54 Å². The molecule has 1 heterocycles. The predicted molar refractivity (Wildman–Crippen MR) is 119 cm³/mol. The van der Waals surface area contributed by atoms with Gasteiger partial charge in [-0.3, -0.25) is 14.4 Å². The molecule has 0 bridgehead atoms. The molecule has 0 unspecified atom stereocenters. The van der Waals surface area contributed by atoms with E-state index in [4.69, 9.17) is 4.74 Å². The van der Waals surface area contributed by atoms with Gasteiger partial charge in [-0.2, -0.15) is 0 Å². The molecule has 31 heavy (non-hydrogen) atoms. The number of hydrogen-bond donors (Lipinski definition) is 1. The lowest BCUT2D eigenvalue weighted by atomic mass is 10.0. The van der Waals surface area contributed by atoms with Crippen LogP contribution in [0.1, 0.15) is 49.9 Å². The first-order valence-electron chi connectivity index (χ1n) is 10.9. The number of nitrogens with zero attached hydrogens (tertiary/aromatic N) is 1. The Morgan fingerprint density at radius 3 is 2.32 bits per heavy atom. The minimum atomic E-state index is -0.555. The quantitative estimate of drug-likeness (QED) is 0.655. The molecular formula is C25H30N2O4. The van der Waals surface area contributed by atoms with Gasteiger partial charge >= 0.3 is 5.97 Å². The molecular weight excluding hydrogens is 392 g/mol. The minimum absolute atomic E-state index is 0.0767. The Kier molecular flexibility index (Phi) is 7.45. The Morgan fingerprint density at radius 2 is 1.71 bits per heavy atom. The summed E-state index contributed by atoms with van der Waals surface area (Å²) in [7, 11) is 0. The smallest absolute Gasteiger partial charge is 0.311 e. The van der Waals surface area contributed by atoms with Gasteiger partial charge in [0.05, 0.1) is 12.0 Å². The lowest BCUT2D eigenvalue weighted by Crippen LogP contribution is -2.30. The van der Waals surface area contributed by atoms with Crippen molar-refractivity contribution in [2.75, 3.05) is 18.5 Å². The number of likely N-dealkylation sites (tertiary alicyclic amines) is 1. The van der Waals surface area contributed by atoms with Crippen molar-refractivity contribution in [3.05, 3.63) is 65.2 Å². The first-order chi connectivity index (χ1) is 14.9. The number of nitrogens with one attached hydrogen (secondary N) is 1. The number of aryl methyl sites for hydroxylation is 2. The van der Waals surface area contributed by atoms with Gasteiger partial charge in [-0.15, -0.1) is 0 Å². The van der Waals surface area contributed by atoms with Gasteiger partial charge in [0, 0.05) is 18.7 Å². The highest BCUT2D eigenvalue weighted by atomic mass is 16.5. The Bertz CT molecular complexity index is 920. The van der Waals surface area contributed by atoms with Gasteiger partial charge in [-0.25, -0.2) is 0 Å². The van der Waals surface area contributed by atoms with Crippen LogP contribution < -0.4 is 5.32 Å². The summed E-state index contributed by atoms with van der Waals surface area (Å²) in [5.74, 6) is -1.51. The van der Waals surface area contributed by atoms with Crippen molar-refractivity contribution < 1.29 is 19.1 Å². The van der Waals surface area contributed by atoms with Crippen molar-refractivity contribution in [1.29, 1.82) is 0 Å². The van der Waals surface area contributed by atoms with Crippen molar-refractivity contribution in [1.82, 2.24) is 4.90 Å². The topological polar surface area (TPSA) is 75.7 Å². The number of amides is 2. The molecule has 1 fully saturated rings. The molecule has 6 heteroatoms. The largest absolute Gasteiger partial charge is 0.455 e. The van der Waals surface area contributed by atoms with Crippen LogP contribution in [0.2, 0.25) is 0 Å². The fraction of sp³-hybridized carbons (Fsp3) is 0.400. The Labute approximate surface area is 183 Å². The molecule has 2 atom stereocenters. The molecule has 2 amide bonds. The maximum atomic E-state index is 12.5. The lowest BCUT2D eigenvalue weighted by Gasteiger charge is -2.25. The van der Waals surface area contributed by atoms with Gasteiger partial charge in [-0.05, 0) is 36.5 Å². The van der Waals surface area contributed by atoms with E-state index in [1.165, 1.54) is 0 Å². The van der Waals surface area contributed by atoms with Gasteiger partial charge in [0.25, 0.3) is 5.91 Å². The van der Waals surface area contributed by atoms with Crippen molar-refractivity contribution in [2.24, 2.45) is 5.92 Å². The monoisotopic (exact) mass is 422 g/mol. The van der Waals surface area contributed by atoms with Gasteiger partial charge in [-0.1, -0.05) is 62.4 Å². The van der Waals surface area contributed by atoms with Crippen LogP contribution >= 0.6 is 0 Å². The molecule has 0 aliphatic carbocycles. The van der Waals surface area contributed by atoms with E-state index < -0.39 is 11.9 Å². The zero-order chi connectivity index (χ0) is 22.4. The maximum Gasteiger partial charge on any atom is 0.311 e. The van der Waals surface area contributed by atoms with Crippen LogP contribution in [0.4, 0.5) is 5.69 Å². The number of hydrogen-bond acceptors (Lipinski definition) is 4. The van der Waals surface area contributed by atoms with E-state index in [2.05, 4.69) is 5.32 Å². The molecule has 1 aliphatic rings. The lowest BCUT2D eigenvalue weighted by molar-refractivity contribution is -0.151. The molecule has 2 aromatic carbocycles. The van der Waals surface area contributed by atoms with Crippen LogP contribution in [0.5, 0.6) is 0 Å². The molecule has 1 aliphatic heterocycles. The Morgan fingerprint density at radius 1 is 1.06 bits per heavy atom. The summed E-state index contributed by atoms with van der Waals surface area (Å²) in [6, 6.07) is 15.5. The number of carbonyl (C=O) groups is 3. The van der Waals surface area contributed by atoms with Gasteiger partial charge in [0.1, 0.15) is 0 Å². The molecule has 6 nitrogen and oxygen atoms in total. The molecule has 1 N–H and O–H groups in total. The number of para-hydroxylation sites is 1. The Hall–Kier alpha value is -3.15. The fourth-order valence-corrected chi connectivity index (χ4v) is 4.01. The van der Waals surface area contributed by atoms with E-state index >= 15 is 0 Å². The summed E-state index contributed by atoms with van der Waals surface area (Å²) in [6.07, 6.45) is 1.70. The van der Waals surface area contributed by atoms with Gasteiger partial charge in [0.2, 0.25) is 5.91 Å². The first kappa shape index (κ1) is 22.5. The zero-order valence-electron chi connectivity index (χ0n) is 18.4. The summed E-state index contributed by atoms with van der Waals surface area (Å²) in [4.78, 5) is 39.1. The molecule has 0 saturated carbocycles. The summed E-state index contributed by atoms with van der Waals surface area (Å²) in [5.41, 5.74) is 3.91. The molecule has 3 rings (SSSR count). The summed E-state index contributed by atoms with van der Waals surface area (Å²) >= 11 is 0. The minimum Gasteiger partial charge on any atom is -0.455 e. The first-order valence-corrected chi connectivity index (χ1v) is 10.9. The third-order valence-corrected chi connectivity index (χ3v) is 5.85. The number of carbonyl (C=O) groups excluding carboxylic acids is 3. The van der Waals surface area contributed by atoms with Crippen LogP contribution in [-0.4, -0.2) is 35.8 Å². The molecule has 1 saturated heterocycles. The van der Waals surface area contributed by atoms with E-state index in [1.807, 2.05) is 69.3 Å². The molecule has 0 aromatic heterocycles. The summed E-state index contributed by atoms with van der Waals surface area (Å²) in [6.45, 7) is 5.95. The number of rotatable bonds is 8. The van der Waals surface area contributed by atoms with Crippen molar-refractivity contribution >= 4 is 23.5 Å². The van der Waals surface area contributed by atoms with Crippen molar-refractivity contribution in [3.63, 3.8) is 0 Å². The van der Waals surface area contributed by atoms with Crippen LogP contribution in [0.15, 0.2) is 48.5 Å². The van der Waals surface area contributed by atoms with Crippen LogP contribution in [-0.2, 0) is 32.0 Å². The van der Waals surface area contributed by atoms with Crippen molar-refractivity contribution in [3.8, 4) is 0 Å². The second kappa shape index (κ2) is 10.2. The average Bonchev–Trinajstić information content (AvgIpc) is 3.19. The number of ether oxygens (including phenoxy) is 1. The van der Waals surface area contributed by atoms with Gasteiger partial charge in [0.15, 0.2) is 6.61 Å². The SMILES string of the molecule is CCc1cccc(CC)c1NC(=O)COC(=O)[C@H]1CC(=O)N([C@@H](C)c2ccccc2)C1. The molecule has 0 radical (unpaired) electrons. The Balaban J connectivity index is 1.56. The second-order valence-corrected chi connectivity index (χ2v) is 7.85. The van der Waals surface area contributed by atoms with Crippen LogP contribution in [0.25, 0.3) is 0 Å². The summed E-state index contributed by atoms with van der Waals surface area (Å²) < 4.78 is 5.26. The highest BCUT2D eigenvalue weighted by Crippen LogP contribution is 2.29. The van der Waals surface area contributed by atoms with E-state index in [1.54, 1.807) is 4.90 Å². The van der Waals surface area contributed by atoms with Crippen LogP contribution in [0, 0.1) is 5.92 Å². The third-order valence-electron chi connectivity index (χ3n) is 5.85. The molecule has 0 spiro atoms. The summed E-state index contributed by atoms with van der Waals surface area (Å²) in [5, 5.41) is 2.89. The highest BCUT2D eigenvalue weighted by molar-refractivity contribution is 5.95. The van der Waals surface area contributed by atoms with Crippen molar-refractivity contribution in [2.45, 2.75) is 46.1 Å². The highest BCUT2D eigenvalue weighted by Gasteiger charge is 2.38. The van der Waals surface area contributed by atoms with Crippen LogP contribution in [0.3, 0.4) is 0 Å². The standard InChI is InChI=1S/C25H30N2O4/c1-4-18-12-9-13-19(5-2)24(18)26-22(28)16-31-25(30)21-14-23(29)27(15-21)17(3)20-10-7-6-8-11-20/h6-13,17,21H,4-5,14-16H2,1-3H3,(H,26,28)/t17-,21-/m0/s1. The number of anilines is 1. The molecule has 164 valence electrons. The molecule has 2 aromatic rings. The fourth-order valence-electron chi connectivity index (χ4n) is 4.01.